The Morgan fingerprint density at radius 2 is 1.53 bits per heavy atom. The first-order chi connectivity index (χ1) is 27.9. The molecule has 0 spiro atoms. The highest BCUT2D eigenvalue weighted by molar-refractivity contribution is 5.90. The van der Waals surface area contributed by atoms with Crippen LogP contribution in [0.25, 0.3) is 0 Å². The lowest BCUT2D eigenvalue weighted by Gasteiger charge is -2.41. The van der Waals surface area contributed by atoms with E-state index in [9.17, 15) is 29.1 Å². The van der Waals surface area contributed by atoms with E-state index in [1.165, 1.54) is 4.90 Å². The van der Waals surface area contributed by atoms with Crippen molar-refractivity contribution in [3.63, 3.8) is 0 Å². The smallest absolute Gasteiger partial charge is 0.410 e. The predicted molar refractivity (Wildman–Crippen MR) is 228 cm³/mol. The fourth-order valence-corrected chi connectivity index (χ4v) is 9.28. The fourth-order valence-electron chi connectivity index (χ4n) is 9.28. The molecule has 59 heavy (non-hydrogen) atoms. The number of amides is 3. The molecule has 11 atom stereocenters. The van der Waals surface area contributed by atoms with Crippen molar-refractivity contribution in [1.82, 2.24) is 20.0 Å². The number of Topliss-reactive ketones (excluding diaryl/α,β-unsaturated/α-hetero) is 2. The van der Waals surface area contributed by atoms with Gasteiger partial charge in [0.1, 0.15) is 11.9 Å². The molecule has 2 aliphatic heterocycles. The van der Waals surface area contributed by atoms with Gasteiger partial charge < -0.3 is 39.3 Å². The maximum atomic E-state index is 14.3. The molecule has 13 heteroatoms. The Bertz CT molecular complexity index is 1510. The molecule has 1 unspecified atom stereocenters. The first kappa shape index (κ1) is 50.0. The van der Waals surface area contributed by atoms with Crippen LogP contribution in [0.4, 0.5) is 4.79 Å². The summed E-state index contributed by atoms with van der Waals surface area (Å²) < 4.78 is 18.1. The molecule has 0 radical (unpaired) electrons. The van der Waals surface area contributed by atoms with Crippen molar-refractivity contribution in [2.75, 3.05) is 47.9 Å². The third-order valence-corrected chi connectivity index (χ3v) is 13.0. The van der Waals surface area contributed by atoms with Gasteiger partial charge in [-0.3, -0.25) is 19.2 Å². The van der Waals surface area contributed by atoms with Crippen LogP contribution in [0.3, 0.4) is 0 Å². The van der Waals surface area contributed by atoms with Crippen molar-refractivity contribution in [3.8, 4) is 0 Å². The van der Waals surface area contributed by atoms with Crippen LogP contribution in [0.1, 0.15) is 112 Å². The number of rotatable bonds is 23. The zero-order chi connectivity index (χ0) is 44.1. The summed E-state index contributed by atoms with van der Waals surface area (Å²) in [5.41, 5.74) is 0.780. The summed E-state index contributed by atoms with van der Waals surface area (Å²) >= 11 is 0. The Morgan fingerprint density at radius 3 is 2.05 bits per heavy atom. The topological polar surface area (TPSA) is 155 Å². The van der Waals surface area contributed by atoms with Crippen LogP contribution < -0.4 is 5.32 Å². The molecule has 1 aromatic carbocycles. The first-order valence-electron chi connectivity index (χ1n) is 21.9. The molecule has 1 aromatic rings. The van der Waals surface area contributed by atoms with E-state index in [1.807, 2.05) is 76.8 Å². The zero-order valence-corrected chi connectivity index (χ0v) is 38.0. The number of likely N-dealkylation sites (tertiary alicyclic amines) is 2. The van der Waals surface area contributed by atoms with E-state index in [1.54, 1.807) is 33.2 Å². The summed E-state index contributed by atoms with van der Waals surface area (Å²) in [6.45, 7) is 16.9. The minimum atomic E-state index is -0.681. The van der Waals surface area contributed by atoms with Crippen LogP contribution in [0.15, 0.2) is 30.3 Å². The van der Waals surface area contributed by atoms with E-state index in [4.69, 9.17) is 14.2 Å². The SMILES string of the molecule is CC[C@H](C)[C@@H](C(CC(=O)N1CCC[C@H]1[C@H](OC)[C@@H](C)C(=O)C[C@H](C)[C@@H](OC(=O)N1CC[C@H](O)C1)c1ccccc1)OC)N(C)C(=O)[C@@H](CC(=O)[C@@H](NC)C(C)C)C(C)C. The Kier molecular flexibility index (Phi) is 20.0. The largest absolute Gasteiger partial charge is 0.441 e. The number of ketones is 2. The Labute approximate surface area is 354 Å². The van der Waals surface area contributed by atoms with E-state index in [0.29, 0.717) is 25.9 Å². The first-order valence-corrected chi connectivity index (χ1v) is 21.9. The number of aliphatic hydroxyl groups excluding tert-OH is 1. The van der Waals surface area contributed by atoms with Crippen LogP contribution in [-0.2, 0) is 33.4 Å². The lowest BCUT2D eigenvalue weighted by Crippen LogP contribution is -2.54. The number of benzene rings is 1. The average molecular weight is 829 g/mol. The summed E-state index contributed by atoms with van der Waals surface area (Å²) in [4.78, 5) is 74.3. The molecule has 2 heterocycles. The molecule has 2 N–H and O–H groups in total. The van der Waals surface area contributed by atoms with E-state index < -0.39 is 48.4 Å². The Morgan fingerprint density at radius 1 is 0.864 bits per heavy atom. The predicted octanol–water partition coefficient (Wildman–Crippen LogP) is 5.92. The summed E-state index contributed by atoms with van der Waals surface area (Å²) in [5.74, 6) is -1.76. The van der Waals surface area contributed by atoms with Gasteiger partial charge in [-0.15, -0.1) is 0 Å². The van der Waals surface area contributed by atoms with E-state index >= 15 is 0 Å². The Hall–Kier alpha value is -3.39. The van der Waals surface area contributed by atoms with Gasteiger partial charge in [-0.25, -0.2) is 4.79 Å². The Balaban J connectivity index is 1.77. The normalized spacial score (nSPS) is 21.7. The zero-order valence-electron chi connectivity index (χ0n) is 38.0. The number of β-amino-alcohol motifs (C(OH)–C–C–N with tert-alkyl or cyclic N) is 1. The number of hydrogen-bond acceptors (Lipinski definition) is 10. The molecule has 0 saturated carbocycles. The lowest BCUT2D eigenvalue weighted by atomic mass is 9.84. The van der Waals surface area contributed by atoms with Crippen LogP contribution >= 0.6 is 0 Å². The monoisotopic (exact) mass is 829 g/mol. The number of nitrogens with zero attached hydrogens (tertiary/aromatic N) is 3. The molecule has 0 bridgehead atoms. The van der Waals surface area contributed by atoms with Crippen LogP contribution in [0.2, 0.25) is 0 Å². The lowest BCUT2D eigenvalue weighted by molar-refractivity contribution is -0.149. The van der Waals surface area contributed by atoms with Crippen LogP contribution in [0.5, 0.6) is 0 Å². The highest BCUT2D eigenvalue weighted by Crippen LogP contribution is 2.34. The van der Waals surface area contributed by atoms with Gasteiger partial charge in [0.05, 0.1) is 42.9 Å². The molecule has 3 amide bonds. The maximum Gasteiger partial charge on any atom is 0.410 e. The number of aliphatic hydroxyl groups is 1. The van der Waals surface area contributed by atoms with Gasteiger partial charge in [-0.05, 0) is 49.6 Å². The molecule has 3 rings (SSSR count). The number of carbonyl (C=O) groups is 5. The number of ether oxygens (including phenoxy) is 3. The molecule has 13 nitrogen and oxygen atoms in total. The second kappa shape index (κ2) is 23.6. The molecule has 2 aliphatic rings. The molecular formula is C46H76N4O9. The summed E-state index contributed by atoms with van der Waals surface area (Å²) in [5, 5.41) is 13.1. The van der Waals surface area contributed by atoms with E-state index in [-0.39, 0.29) is 84.9 Å². The summed E-state index contributed by atoms with van der Waals surface area (Å²) in [6.07, 6.45) is -0.0127. The highest BCUT2D eigenvalue weighted by Gasteiger charge is 2.43. The fraction of sp³-hybridized carbons (Fsp3) is 0.761. The van der Waals surface area contributed by atoms with E-state index in [2.05, 4.69) is 19.2 Å². The maximum absolute atomic E-state index is 14.3. The molecule has 0 aliphatic carbocycles. The van der Waals surface area contributed by atoms with Crippen molar-refractivity contribution in [2.24, 2.45) is 35.5 Å². The quantitative estimate of drug-likeness (QED) is 0.136. The van der Waals surface area contributed by atoms with Gasteiger partial charge >= 0.3 is 6.09 Å². The van der Waals surface area contributed by atoms with Crippen LogP contribution in [0, 0.1) is 35.5 Å². The van der Waals surface area contributed by atoms with Crippen molar-refractivity contribution in [2.45, 2.75) is 143 Å². The molecular weight excluding hydrogens is 753 g/mol. The molecule has 0 aromatic heterocycles. The second-order valence-electron chi connectivity index (χ2n) is 17.9. The third kappa shape index (κ3) is 13.1. The number of likely N-dealkylation sites (N-methyl/N-ethyl adjacent to an activating group) is 2. The number of carbonyl (C=O) groups excluding carboxylic acids is 5. The molecule has 2 fully saturated rings. The van der Waals surface area contributed by atoms with Gasteiger partial charge in [-0.1, -0.05) is 92.1 Å². The summed E-state index contributed by atoms with van der Waals surface area (Å²) in [6, 6.07) is 8.26. The number of hydrogen-bond donors (Lipinski definition) is 2. The van der Waals surface area contributed by atoms with Crippen molar-refractivity contribution >= 4 is 29.5 Å². The van der Waals surface area contributed by atoms with Crippen molar-refractivity contribution < 1.29 is 43.3 Å². The molecule has 334 valence electrons. The number of methoxy groups -OCH3 is 2. The third-order valence-electron chi connectivity index (χ3n) is 13.0. The van der Waals surface area contributed by atoms with Gasteiger partial charge in [0.2, 0.25) is 11.8 Å². The van der Waals surface area contributed by atoms with Crippen molar-refractivity contribution in [1.29, 1.82) is 0 Å². The standard InChI is InChI=1S/C46H76N4O9/c1-13-30(6)42(48(10)45(55)35(28(2)3)25-38(53)41(47-9)29(4)5)39(57-11)26-40(54)50-22-17-20-36(50)44(58-12)32(8)37(52)24-31(7)43(33-18-15-14-16-19-33)59-46(56)49-23-21-34(51)27-49/h14-16,18-19,28-32,34-36,39,41-44,47,51H,13,17,20-27H2,1-12H3/t30-,31-,32-,34-,35-,36-,39?,41-,42-,43+,44+/m0/s1. The van der Waals surface area contributed by atoms with Gasteiger partial charge in [0.15, 0.2) is 5.78 Å². The highest BCUT2D eigenvalue weighted by atomic mass is 16.6. The van der Waals surface area contributed by atoms with Crippen molar-refractivity contribution in [3.05, 3.63) is 35.9 Å². The summed E-state index contributed by atoms with van der Waals surface area (Å²) in [7, 11) is 6.68. The van der Waals surface area contributed by atoms with Gasteiger partial charge in [-0.2, -0.15) is 0 Å². The molecule has 2 saturated heterocycles. The second-order valence-corrected chi connectivity index (χ2v) is 17.9. The van der Waals surface area contributed by atoms with Gasteiger partial charge in [0.25, 0.3) is 0 Å². The number of nitrogens with one attached hydrogen (secondary N) is 1. The van der Waals surface area contributed by atoms with Crippen LogP contribution in [-0.4, -0.2) is 134 Å². The minimum absolute atomic E-state index is 0.00685. The average Bonchev–Trinajstić information content (AvgIpc) is 3.88. The van der Waals surface area contributed by atoms with Gasteiger partial charge in [0, 0.05) is 71.5 Å². The minimum Gasteiger partial charge on any atom is -0.441 e. The van der Waals surface area contributed by atoms with E-state index in [0.717, 1.165) is 18.4 Å².